The van der Waals surface area contributed by atoms with Crippen molar-refractivity contribution in [1.29, 1.82) is 0 Å². The first-order valence-corrected chi connectivity index (χ1v) is 8.59. The van der Waals surface area contributed by atoms with Crippen LogP contribution in [-0.2, 0) is 6.18 Å². The molecule has 2 aromatic rings. The molecule has 0 spiro atoms. The summed E-state index contributed by atoms with van der Waals surface area (Å²) < 4.78 is 43.9. The quantitative estimate of drug-likeness (QED) is 0.849. The normalized spacial score (nSPS) is 18.7. The molecule has 0 unspecified atom stereocenters. The summed E-state index contributed by atoms with van der Waals surface area (Å²) in [6.07, 6.45) is -3.48. The zero-order chi connectivity index (χ0) is 19.8. The lowest BCUT2D eigenvalue weighted by Crippen LogP contribution is -2.38. The predicted octanol–water partition coefficient (Wildman–Crippen LogP) is 3.73. The Bertz CT molecular complexity index is 921. The molecule has 1 aliphatic rings. The van der Waals surface area contributed by atoms with Crippen molar-refractivity contribution in [3.05, 3.63) is 63.1 Å². The summed E-state index contributed by atoms with van der Waals surface area (Å²) in [5.41, 5.74) is -0.861. The molecule has 0 radical (unpaired) electrons. The molecule has 0 saturated heterocycles. The Hall–Kier alpha value is -2.77. The van der Waals surface area contributed by atoms with Gasteiger partial charge >= 0.3 is 6.18 Å². The van der Waals surface area contributed by atoms with Gasteiger partial charge in [0.25, 0.3) is 11.5 Å². The second kappa shape index (κ2) is 7.09. The number of fused-ring (bicyclic) bond motifs is 1. The molecule has 8 heteroatoms. The van der Waals surface area contributed by atoms with Crippen LogP contribution in [0.1, 0.15) is 53.0 Å². The van der Waals surface area contributed by atoms with E-state index in [-0.39, 0.29) is 11.7 Å². The van der Waals surface area contributed by atoms with Crippen molar-refractivity contribution in [3.63, 3.8) is 0 Å². The van der Waals surface area contributed by atoms with E-state index in [9.17, 15) is 22.8 Å². The van der Waals surface area contributed by atoms with Crippen LogP contribution >= 0.6 is 0 Å². The van der Waals surface area contributed by atoms with E-state index >= 15 is 0 Å². The van der Waals surface area contributed by atoms with E-state index in [0.29, 0.717) is 18.2 Å². The van der Waals surface area contributed by atoms with Crippen LogP contribution in [0.25, 0.3) is 0 Å². The van der Waals surface area contributed by atoms with Gasteiger partial charge < -0.3 is 15.0 Å². The molecular weight excluding hydrogens is 361 g/mol. The molecule has 27 heavy (non-hydrogen) atoms. The van der Waals surface area contributed by atoms with Crippen molar-refractivity contribution in [3.8, 4) is 5.75 Å². The molecule has 1 aliphatic heterocycles. The molecular formula is C19H19F3N2O3. The van der Waals surface area contributed by atoms with E-state index < -0.39 is 29.4 Å². The van der Waals surface area contributed by atoms with E-state index in [0.717, 1.165) is 23.6 Å². The Morgan fingerprint density at radius 2 is 2.00 bits per heavy atom. The average Bonchev–Trinajstić information content (AvgIpc) is 2.90. The van der Waals surface area contributed by atoms with E-state index in [2.05, 4.69) is 5.32 Å². The van der Waals surface area contributed by atoms with Crippen LogP contribution in [0.4, 0.5) is 13.2 Å². The van der Waals surface area contributed by atoms with E-state index in [1.165, 1.54) is 0 Å². The molecule has 0 bridgehead atoms. The number of nitrogens with one attached hydrogen (secondary N) is 2. The fourth-order valence-electron chi connectivity index (χ4n) is 3.15. The predicted molar refractivity (Wildman–Crippen MR) is 92.8 cm³/mol. The summed E-state index contributed by atoms with van der Waals surface area (Å²) in [4.78, 5) is 26.2. The minimum absolute atomic E-state index is 0.302. The number of rotatable bonds is 4. The summed E-state index contributed by atoms with van der Waals surface area (Å²) in [6.45, 7) is 3.91. The third-order valence-electron chi connectivity index (χ3n) is 4.47. The highest BCUT2D eigenvalue weighted by atomic mass is 19.4. The number of hydrogen-bond acceptors (Lipinski definition) is 3. The number of aryl methyl sites for hydroxylation is 1. The number of aromatic nitrogens is 1. The second-order valence-electron chi connectivity index (χ2n) is 6.55. The van der Waals surface area contributed by atoms with Gasteiger partial charge in [0.1, 0.15) is 23.1 Å². The van der Waals surface area contributed by atoms with Crippen molar-refractivity contribution < 1.29 is 22.7 Å². The lowest BCUT2D eigenvalue weighted by Gasteiger charge is -2.20. The smallest absolute Gasteiger partial charge is 0.431 e. The highest BCUT2D eigenvalue weighted by molar-refractivity contribution is 5.94. The summed E-state index contributed by atoms with van der Waals surface area (Å²) in [7, 11) is 0. The van der Waals surface area contributed by atoms with Gasteiger partial charge in [0.15, 0.2) is 0 Å². The van der Waals surface area contributed by atoms with Gasteiger partial charge in [-0.05, 0) is 37.1 Å². The highest BCUT2D eigenvalue weighted by Crippen LogP contribution is 2.39. The monoisotopic (exact) mass is 380 g/mol. The Morgan fingerprint density at radius 3 is 2.63 bits per heavy atom. The van der Waals surface area contributed by atoms with Gasteiger partial charge in [-0.15, -0.1) is 0 Å². The van der Waals surface area contributed by atoms with Gasteiger partial charge in [-0.25, -0.2) is 0 Å². The molecule has 0 saturated carbocycles. The van der Waals surface area contributed by atoms with Crippen molar-refractivity contribution >= 4 is 5.91 Å². The van der Waals surface area contributed by atoms with Crippen LogP contribution in [0.5, 0.6) is 5.75 Å². The van der Waals surface area contributed by atoms with Gasteiger partial charge in [-0.1, -0.05) is 25.5 Å². The van der Waals surface area contributed by atoms with Crippen LogP contribution < -0.4 is 15.6 Å². The number of carbonyl (C=O) groups excluding carboxylic acids is 1. The number of hydrogen-bond donors (Lipinski definition) is 2. The third-order valence-corrected chi connectivity index (χ3v) is 4.47. The van der Waals surface area contributed by atoms with Crippen LogP contribution in [-0.4, -0.2) is 17.0 Å². The Kier molecular flexibility index (Phi) is 4.99. The van der Waals surface area contributed by atoms with E-state index in [1.807, 2.05) is 32.0 Å². The zero-order valence-electron chi connectivity index (χ0n) is 14.8. The number of amides is 1. The van der Waals surface area contributed by atoms with E-state index in [1.54, 1.807) is 4.98 Å². The van der Waals surface area contributed by atoms with Gasteiger partial charge in [0.2, 0.25) is 0 Å². The zero-order valence-corrected chi connectivity index (χ0v) is 14.8. The van der Waals surface area contributed by atoms with Crippen molar-refractivity contribution in [1.82, 2.24) is 10.3 Å². The van der Waals surface area contributed by atoms with Crippen LogP contribution in [0.2, 0.25) is 0 Å². The SMILES string of the molecule is CCC[C@H]1Oc2cc(C)ccc2[C@H]1NC(=O)c1ccc(C(F)(F)F)[nH]c1=O. The summed E-state index contributed by atoms with van der Waals surface area (Å²) in [5.74, 6) is -0.0758. The van der Waals surface area contributed by atoms with Gasteiger partial charge in [-0.3, -0.25) is 9.59 Å². The first-order valence-electron chi connectivity index (χ1n) is 8.59. The maximum atomic E-state index is 12.7. The molecule has 0 aliphatic carbocycles. The first kappa shape index (κ1) is 19.0. The van der Waals surface area contributed by atoms with Gasteiger partial charge in [0, 0.05) is 5.56 Å². The second-order valence-corrected chi connectivity index (χ2v) is 6.55. The lowest BCUT2D eigenvalue weighted by atomic mass is 9.99. The minimum Gasteiger partial charge on any atom is -0.488 e. The topological polar surface area (TPSA) is 71.2 Å². The fraction of sp³-hybridized carbons (Fsp3) is 0.368. The number of carbonyl (C=O) groups is 1. The Balaban J connectivity index is 1.87. The molecule has 1 aromatic heterocycles. The summed E-state index contributed by atoms with van der Waals surface area (Å²) in [5, 5.41) is 2.74. The average molecular weight is 380 g/mol. The Labute approximate surface area is 153 Å². The fourth-order valence-corrected chi connectivity index (χ4v) is 3.15. The number of halogens is 3. The van der Waals surface area contributed by atoms with Crippen molar-refractivity contribution in [2.75, 3.05) is 0 Å². The van der Waals surface area contributed by atoms with E-state index in [4.69, 9.17) is 4.74 Å². The third kappa shape index (κ3) is 3.84. The number of ether oxygens (including phenoxy) is 1. The molecule has 144 valence electrons. The van der Waals surface area contributed by atoms with Gasteiger partial charge in [0.05, 0.1) is 6.04 Å². The van der Waals surface area contributed by atoms with Gasteiger partial charge in [-0.2, -0.15) is 13.2 Å². The largest absolute Gasteiger partial charge is 0.488 e. The molecule has 0 fully saturated rings. The number of pyridine rings is 1. The van der Waals surface area contributed by atoms with Crippen molar-refractivity contribution in [2.24, 2.45) is 0 Å². The molecule has 2 N–H and O–H groups in total. The number of alkyl halides is 3. The number of aromatic amines is 1. The van der Waals surface area contributed by atoms with Crippen LogP contribution in [0, 0.1) is 6.92 Å². The molecule has 1 amide bonds. The maximum absolute atomic E-state index is 12.7. The number of H-pyrrole nitrogens is 1. The minimum atomic E-state index is -4.68. The number of benzene rings is 1. The van der Waals surface area contributed by atoms with Crippen molar-refractivity contribution in [2.45, 2.75) is 45.0 Å². The highest BCUT2D eigenvalue weighted by Gasteiger charge is 2.36. The molecule has 1 aromatic carbocycles. The molecule has 2 heterocycles. The summed E-state index contributed by atoms with van der Waals surface area (Å²) >= 11 is 0. The molecule has 3 rings (SSSR count). The maximum Gasteiger partial charge on any atom is 0.431 e. The summed E-state index contributed by atoms with van der Waals surface area (Å²) in [6, 6.07) is 6.70. The standard InChI is InChI=1S/C19H19F3N2O3/c1-3-4-13-16(11-6-5-10(2)9-14(11)27-13)24-18(26)12-7-8-15(19(20,21)22)23-17(12)25/h5-9,13,16H,3-4H2,1-2H3,(H,23,25)(H,24,26)/t13-,16-/m1/s1. The lowest BCUT2D eigenvalue weighted by molar-refractivity contribution is -0.141. The molecule has 5 nitrogen and oxygen atoms in total. The van der Waals surface area contributed by atoms with Crippen LogP contribution in [0.3, 0.4) is 0 Å². The Morgan fingerprint density at radius 1 is 1.26 bits per heavy atom. The van der Waals surface area contributed by atoms with Crippen LogP contribution in [0.15, 0.2) is 35.1 Å². The molecule has 2 atom stereocenters. The first-order chi connectivity index (χ1) is 12.7.